The second-order valence-electron chi connectivity index (χ2n) is 3.60. The first kappa shape index (κ1) is 12.0. The molecule has 1 aromatic rings. The number of carboxylic acid groups (broad SMARTS) is 1. The Balaban J connectivity index is 2.54. The van der Waals surface area contributed by atoms with Crippen LogP contribution in [-0.2, 0) is 4.79 Å². The van der Waals surface area contributed by atoms with Crippen molar-refractivity contribution in [2.75, 3.05) is 5.75 Å². The quantitative estimate of drug-likeness (QED) is 0.783. The van der Waals surface area contributed by atoms with E-state index >= 15 is 0 Å². The zero-order valence-electron chi connectivity index (χ0n) is 8.93. The summed E-state index contributed by atoms with van der Waals surface area (Å²) in [4.78, 5) is 15.5. The lowest BCUT2D eigenvalue weighted by Gasteiger charge is -2.06. The monoisotopic (exact) mass is 225 g/mol. The summed E-state index contributed by atoms with van der Waals surface area (Å²) in [6.07, 6.45) is 3.82. The lowest BCUT2D eigenvalue weighted by atomic mass is 10.1. The molecule has 0 bridgehead atoms. The van der Waals surface area contributed by atoms with Crippen LogP contribution < -0.4 is 0 Å². The highest BCUT2D eigenvalue weighted by atomic mass is 32.2. The summed E-state index contributed by atoms with van der Waals surface area (Å²) in [5.41, 5.74) is 1.19. The van der Waals surface area contributed by atoms with E-state index in [9.17, 15) is 4.79 Å². The van der Waals surface area contributed by atoms with E-state index in [4.69, 9.17) is 5.11 Å². The van der Waals surface area contributed by atoms with Crippen molar-refractivity contribution in [3.05, 3.63) is 24.0 Å². The predicted molar refractivity (Wildman–Crippen MR) is 61.3 cm³/mol. The predicted octanol–water partition coefficient (Wildman–Crippen LogP) is 2.77. The number of pyridine rings is 1. The SMILES string of the molecule is CC(C)c1cncc(SCCC(=O)O)c1. The Morgan fingerprint density at radius 1 is 1.53 bits per heavy atom. The number of thioether (sulfide) groups is 1. The molecule has 1 rings (SSSR count). The van der Waals surface area contributed by atoms with Crippen LogP contribution in [0.1, 0.15) is 31.7 Å². The smallest absolute Gasteiger partial charge is 0.304 e. The Hall–Kier alpha value is -1.03. The molecule has 1 aromatic heterocycles. The summed E-state index contributed by atoms with van der Waals surface area (Å²) in [7, 11) is 0. The second kappa shape index (κ2) is 5.75. The van der Waals surface area contributed by atoms with E-state index in [2.05, 4.69) is 24.9 Å². The minimum atomic E-state index is -0.754. The summed E-state index contributed by atoms with van der Waals surface area (Å²) in [6, 6.07) is 2.07. The summed E-state index contributed by atoms with van der Waals surface area (Å²) < 4.78 is 0. The fourth-order valence-electron chi connectivity index (χ4n) is 1.09. The van der Waals surface area contributed by atoms with Crippen molar-refractivity contribution in [1.82, 2.24) is 4.98 Å². The molecule has 0 unspecified atom stereocenters. The summed E-state index contributed by atoms with van der Waals surface area (Å²) in [5, 5.41) is 8.51. The first-order valence-electron chi connectivity index (χ1n) is 4.89. The molecule has 15 heavy (non-hydrogen) atoms. The maximum atomic E-state index is 10.3. The number of aromatic nitrogens is 1. The molecule has 0 saturated heterocycles. The molecule has 0 aromatic carbocycles. The number of rotatable bonds is 5. The summed E-state index contributed by atoms with van der Waals surface area (Å²) >= 11 is 1.54. The van der Waals surface area contributed by atoms with Gasteiger partial charge in [-0.05, 0) is 17.5 Å². The van der Waals surface area contributed by atoms with Gasteiger partial charge in [0.05, 0.1) is 6.42 Å². The molecule has 0 amide bonds. The van der Waals surface area contributed by atoms with Crippen molar-refractivity contribution in [3.8, 4) is 0 Å². The van der Waals surface area contributed by atoms with E-state index in [1.165, 1.54) is 17.3 Å². The summed E-state index contributed by atoms with van der Waals surface area (Å²) in [6.45, 7) is 4.23. The fraction of sp³-hybridized carbons (Fsp3) is 0.455. The third kappa shape index (κ3) is 4.34. The van der Waals surface area contributed by atoms with E-state index in [1.807, 2.05) is 6.20 Å². The van der Waals surface area contributed by atoms with Gasteiger partial charge >= 0.3 is 5.97 Å². The van der Waals surface area contributed by atoms with E-state index in [0.29, 0.717) is 11.7 Å². The average Bonchev–Trinajstić information content (AvgIpc) is 2.17. The van der Waals surface area contributed by atoms with Crippen molar-refractivity contribution in [3.63, 3.8) is 0 Å². The van der Waals surface area contributed by atoms with Crippen LogP contribution in [0.15, 0.2) is 23.4 Å². The molecule has 4 heteroatoms. The van der Waals surface area contributed by atoms with Crippen molar-refractivity contribution < 1.29 is 9.90 Å². The van der Waals surface area contributed by atoms with Crippen LogP contribution in [0.5, 0.6) is 0 Å². The van der Waals surface area contributed by atoms with E-state index in [0.717, 1.165) is 4.90 Å². The highest BCUT2D eigenvalue weighted by Crippen LogP contribution is 2.22. The number of carbonyl (C=O) groups is 1. The number of carboxylic acids is 1. The Morgan fingerprint density at radius 3 is 2.87 bits per heavy atom. The van der Waals surface area contributed by atoms with Crippen LogP contribution in [0.25, 0.3) is 0 Å². The van der Waals surface area contributed by atoms with Crippen LogP contribution in [-0.4, -0.2) is 21.8 Å². The molecule has 0 aliphatic heterocycles. The standard InChI is InChI=1S/C11H15NO2S/c1-8(2)9-5-10(7-12-6-9)15-4-3-11(13)14/h5-8H,3-4H2,1-2H3,(H,13,14). The highest BCUT2D eigenvalue weighted by molar-refractivity contribution is 7.99. The fourth-order valence-corrected chi connectivity index (χ4v) is 1.95. The van der Waals surface area contributed by atoms with Crippen molar-refractivity contribution >= 4 is 17.7 Å². The maximum Gasteiger partial charge on any atom is 0.304 e. The van der Waals surface area contributed by atoms with Gasteiger partial charge in [0.25, 0.3) is 0 Å². The van der Waals surface area contributed by atoms with Crippen molar-refractivity contribution in [2.45, 2.75) is 31.1 Å². The highest BCUT2D eigenvalue weighted by Gasteiger charge is 2.03. The van der Waals surface area contributed by atoms with Gasteiger partial charge in [0.15, 0.2) is 0 Å². The molecule has 82 valence electrons. The lowest BCUT2D eigenvalue weighted by Crippen LogP contribution is -1.96. The number of nitrogens with zero attached hydrogens (tertiary/aromatic N) is 1. The number of hydrogen-bond donors (Lipinski definition) is 1. The third-order valence-electron chi connectivity index (χ3n) is 1.99. The van der Waals surface area contributed by atoms with Gasteiger partial charge in [-0.25, -0.2) is 0 Å². The normalized spacial score (nSPS) is 10.6. The molecule has 1 heterocycles. The Labute approximate surface area is 93.9 Å². The van der Waals surface area contributed by atoms with Crippen LogP contribution in [0.4, 0.5) is 0 Å². The topological polar surface area (TPSA) is 50.2 Å². The first-order chi connectivity index (χ1) is 7.09. The number of aliphatic carboxylic acids is 1. The lowest BCUT2D eigenvalue weighted by molar-refractivity contribution is -0.136. The molecule has 0 atom stereocenters. The molecular weight excluding hydrogens is 210 g/mol. The van der Waals surface area contributed by atoms with Gasteiger partial charge in [-0.15, -0.1) is 11.8 Å². The van der Waals surface area contributed by atoms with Gasteiger partial charge in [-0.3, -0.25) is 9.78 Å². The minimum absolute atomic E-state index is 0.191. The molecule has 0 aliphatic rings. The van der Waals surface area contributed by atoms with Gasteiger partial charge in [0.1, 0.15) is 0 Å². The molecular formula is C11H15NO2S. The Kier molecular flexibility index (Phi) is 4.62. The first-order valence-corrected chi connectivity index (χ1v) is 5.87. The number of hydrogen-bond acceptors (Lipinski definition) is 3. The molecule has 1 N–H and O–H groups in total. The molecule has 0 saturated carbocycles. The molecule has 0 fully saturated rings. The zero-order valence-corrected chi connectivity index (χ0v) is 9.75. The van der Waals surface area contributed by atoms with Gasteiger partial charge in [-0.2, -0.15) is 0 Å². The van der Waals surface area contributed by atoms with Gasteiger partial charge < -0.3 is 5.11 Å². The van der Waals surface area contributed by atoms with E-state index < -0.39 is 5.97 Å². The van der Waals surface area contributed by atoms with Crippen LogP contribution >= 0.6 is 11.8 Å². The molecule has 0 aliphatic carbocycles. The van der Waals surface area contributed by atoms with Crippen LogP contribution in [0.2, 0.25) is 0 Å². The van der Waals surface area contributed by atoms with Gasteiger partial charge in [0, 0.05) is 23.0 Å². The average molecular weight is 225 g/mol. The van der Waals surface area contributed by atoms with Crippen molar-refractivity contribution in [1.29, 1.82) is 0 Å². The van der Waals surface area contributed by atoms with Crippen molar-refractivity contribution in [2.24, 2.45) is 0 Å². The van der Waals surface area contributed by atoms with Crippen LogP contribution in [0.3, 0.4) is 0 Å². The minimum Gasteiger partial charge on any atom is -0.481 e. The Bertz CT molecular complexity index is 339. The van der Waals surface area contributed by atoms with Crippen LogP contribution in [0, 0.1) is 0 Å². The molecule has 0 radical (unpaired) electrons. The van der Waals surface area contributed by atoms with E-state index in [1.54, 1.807) is 6.20 Å². The molecule has 3 nitrogen and oxygen atoms in total. The van der Waals surface area contributed by atoms with E-state index in [-0.39, 0.29) is 6.42 Å². The Morgan fingerprint density at radius 2 is 2.27 bits per heavy atom. The summed E-state index contributed by atoms with van der Waals surface area (Å²) in [5.74, 6) is 0.298. The largest absolute Gasteiger partial charge is 0.481 e. The second-order valence-corrected chi connectivity index (χ2v) is 4.77. The zero-order chi connectivity index (χ0) is 11.3. The molecule has 0 spiro atoms. The maximum absolute atomic E-state index is 10.3. The van der Waals surface area contributed by atoms with Gasteiger partial charge in [0.2, 0.25) is 0 Å². The van der Waals surface area contributed by atoms with Gasteiger partial charge in [-0.1, -0.05) is 13.8 Å². The third-order valence-corrected chi connectivity index (χ3v) is 2.95.